The SMILES string of the molecule is CCC(N)C(O)(c1ccc2ncccc2c1)C(F)(F)F. The molecule has 0 saturated carbocycles. The minimum absolute atomic E-state index is 0.00108. The molecule has 0 aliphatic carbocycles. The van der Waals surface area contributed by atoms with Crippen LogP contribution in [0.3, 0.4) is 0 Å². The molecule has 3 nitrogen and oxygen atoms in total. The van der Waals surface area contributed by atoms with Gasteiger partial charge in [0, 0.05) is 17.6 Å². The van der Waals surface area contributed by atoms with Gasteiger partial charge in [0.15, 0.2) is 0 Å². The van der Waals surface area contributed by atoms with E-state index in [2.05, 4.69) is 4.98 Å². The van der Waals surface area contributed by atoms with Gasteiger partial charge in [0.05, 0.1) is 5.52 Å². The molecule has 0 amide bonds. The van der Waals surface area contributed by atoms with Crippen LogP contribution in [0.5, 0.6) is 0 Å². The van der Waals surface area contributed by atoms with Crippen molar-refractivity contribution in [1.82, 2.24) is 4.98 Å². The van der Waals surface area contributed by atoms with Gasteiger partial charge in [-0.1, -0.05) is 19.1 Å². The summed E-state index contributed by atoms with van der Waals surface area (Å²) >= 11 is 0. The Morgan fingerprint density at radius 3 is 2.60 bits per heavy atom. The van der Waals surface area contributed by atoms with E-state index in [9.17, 15) is 18.3 Å². The Balaban J connectivity index is 2.63. The Morgan fingerprint density at radius 1 is 1.30 bits per heavy atom. The highest BCUT2D eigenvalue weighted by Crippen LogP contribution is 2.42. The molecule has 0 fully saturated rings. The molecule has 2 unspecified atom stereocenters. The fourth-order valence-corrected chi connectivity index (χ4v) is 2.20. The predicted octanol–water partition coefficient (Wildman–Crippen LogP) is 2.72. The van der Waals surface area contributed by atoms with Crippen molar-refractivity contribution in [2.45, 2.75) is 31.2 Å². The van der Waals surface area contributed by atoms with Gasteiger partial charge in [0.25, 0.3) is 0 Å². The lowest BCUT2D eigenvalue weighted by atomic mass is 9.84. The summed E-state index contributed by atoms with van der Waals surface area (Å²) < 4.78 is 39.8. The van der Waals surface area contributed by atoms with Gasteiger partial charge in [0.1, 0.15) is 0 Å². The van der Waals surface area contributed by atoms with Gasteiger partial charge in [-0.15, -0.1) is 0 Å². The lowest BCUT2D eigenvalue weighted by Crippen LogP contribution is -2.55. The minimum atomic E-state index is -4.85. The van der Waals surface area contributed by atoms with E-state index in [0.29, 0.717) is 10.9 Å². The molecular formula is C14H15F3N2O. The second-order valence-corrected chi connectivity index (χ2v) is 4.69. The minimum Gasteiger partial charge on any atom is -0.375 e. The summed E-state index contributed by atoms with van der Waals surface area (Å²) in [4.78, 5) is 4.04. The van der Waals surface area contributed by atoms with Crippen molar-refractivity contribution in [2.75, 3.05) is 0 Å². The van der Waals surface area contributed by atoms with Crippen LogP contribution in [0.15, 0.2) is 36.5 Å². The van der Waals surface area contributed by atoms with Crippen molar-refractivity contribution in [3.63, 3.8) is 0 Å². The average Bonchev–Trinajstić information content (AvgIpc) is 2.43. The van der Waals surface area contributed by atoms with Crippen LogP contribution in [0.4, 0.5) is 13.2 Å². The summed E-state index contributed by atoms with van der Waals surface area (Å²) in [7, 11) is 0. The molecule has 0 bridgehead atoms. The second-order valence-electron chi connectivity index (χ2n) is 4.69. The molecule has 2 atom stereocenters. The molecule has 108 valence electrons. The second kappa shape index (κ2) is 5.03. The van der Waals surface area contributed by atoms with Gasteiger partial charge in [-0.2, -0.15) is 13.2 Å². The third-order valence-electron chi connectivity index (χ3n) is 3.45. The predicted molar refractivity (Wildman–Crippen MR) is 70.0 cm³/mol. The Labute approximate surface area is 114 Å². The number of fused-ring (bicyclic) bond motifs is 1. The Bertz CT molecular complexity index is 615. The molecule has 20 heavy (non-hydrogen) atoms. The summed E-state index contributed by atoms with van der Waals surface area (Å²) in [5.41, 5.74) is 2.76. The summed E-state index contributed by atoms with van der Waals surface area (Å²) in [5.74, 6) is 0. The molecule has 6 heteroatoms. The number of hydrogen-bond donors (Lipinski definition) is 2. The maximum Gasteiger partial charge on any atom is 0.422 e. The van der Waals surface area contributed by atoms with E-state index in [0.717, 1.165) is 0 Å². The number of benzene rings is 1. The van der Waals surface area contributed by atoms with Crippen LogP contribution in [0.25, 0.3) is 10.9 Å². The van der Waals surface area contributed by atoms with Crippen molar-refractivity contribution in [3.8, 4) is 0 Å². The Kier molecular flexibility index (Phi) is 3.71. The molecule has 3 N–H and O–H groups in total. The summed E-state index contributed by atoms with van der Waals surface area (Å²) in [6.45, 7) is 1.50. The first-order chi connectivity index (χ1) is 9.30. The van der Waals surface area contributed by atoms with Gasteiger partial charge < -0.3 is 10.8 Å². The Hall–Kier alpha value is -1.66. The number of alkyl halides is 3. The molecular weight excluding hydrogens is 269 g/mol. The van der Waals surface area contributed by atoms with Crippen molar-refractivity contribution in [2.24, 2.45) is 5.73 Å². The largest absolute Gasteiger partial charge is 0.422 e. The van der Waals surface area contributed by atoms with E-state index < -0.39 is 17.8 Å². The van der Waals surface area contributed by atoms with Crippen LogP contribution in [0, 0.1) is 0 Å². The van der Waals surface area contributed by atoms with E-state index >= 15 is 0 Å². The van der Waals surface area contributed by atoms with Crippen molar-refractivity contribution < 1.29 is 18.3 Å². The van der Waals surface area contributed by atoms with Gasteiger partial charge in [0.2, 0.25) is 5.60 Å². The maximum absolute atomic E-state index is 13.3. The lowest BCUT2D eigenvalue weighted by molar-refractivity contribution is -0.274. The summed E-state index contributed by atoms with van der Waals surface area (Å²) in [5, 5.41) is 10.7. The maximum atomic E-state index is 13.3. The highest BCUT2D eigenvalue weighted by molar-refractivity contribution is 5.79. The number of aliphatic hydroxyl groups is 1. The zero-order valence-electron chi connectivity index (χ0n) is 10.9. The number of hydrogen-bond acceptors (Lipinski definition) is 3. The first-order valence-electron chi connectivity index (χ1n) is 6.20. The highest BCUT2D eigenvalue weighted by Gasteiger charge is 2.58. The van der Waals surface area contributed by atoms with Gasteiger partial charge in [-0.3, -0.25) is 4.98 Å². The van der Waals surface area contributed by atoms with E-state index in [-0.39, 0.29) is 12.0 Å². The van der Waals surface area contributed by atoms with Crippen molar-refractivity contribution in [1.29, 1.82) is 0 Å². The van der Waals surface area contributed by atoms with E-state index in [1.165, 1.54) is 25.1 Å². The van der Waals surface area contributed by atoms with Crippen LogP contribution in [0.2, 0.25) is 0 Å². The van der Waals surface area contributed by atoms with Crippen molar-refractivity contribution in [3.05, 3.63) is 42.1 Å². The van der Waals surface area contributed by atoms with Crippen LogP contribution >= 0.6 is 0 Å². The first kappa shape index (κ1) is 14.7. The topological polar surface area (TPSA) is 59.1 Å². The van der Waals surface area contributed by atoms with Crippen molar-refractivity contribution >= 4 is 10.9 Å². The van der Waals surface area contributed by atoms with E-state index in [1.807, 2.05) is 0 Å². The fourth-order valence-electron chi connectivity index (χ4n) is 2.20. The molecule has 1 aromatic carbocycles. The number of halogens is 3. The molecule has 1 aromatic heterocycles. The number of aromatic nitrogens is 1. The summed E-state index contributed by atoms with van der Waals surface area (Å²) in [6, 6.07) is 5.78. The lowest BCUT2D eigenvalue weighted by Gasteiger charge is -2.35. The zero-order valence-corrected chi connectivity index (χ0v) is 10.9. The van der Waals surface area contributed by atoms with Gasteiger partial charge in [-0.25, -0.2) is 0 Å². The van der Waals surface area contributed by atoms with Gasteiger partial charge >= 0.3 is 6.18 Å². The van der Waals surface area contributed by atoms with Crippen LogP contribution in [-0.4, -0.2) is 22.3 Å². The standard InChI is InChI=1S/C14H15F3N2O/c1-2-12(18)13(20,14(15,16)17)10-5-6-11-9(8-10)4-3-7-19-11/h3-8,12,20H,2,18H2,1H3. The Morgan fingerprint density at radius 2 is 2.00 bits per heavy atom. The van der Waals surface area contributed by atoms with Gasteiger partial charge in [-0.05, 0) is 30.2 Å². The van der Waals surface area contributed by atoms with Crippen LogP contribution in [0.1, 0.15) is 18.9 Å². The molecule has 0 aliphatic heterocycles. The molecule has 0 radical (unpaired) electrons. The number of pyridine rings is 1. The molecule has 2 rings (SSSR count). The molecule has 1 heterocycles. The quantitative estimate of drug-likeness (QED) is 0.911. The average molecular weight is 284 g/mol. The van der Waals surface area contributed by atoms with E-state index in [4.69, 9.17) is 5.73 Å². The van der Waals surface area contributed by atoms with Crippen LogP contribution in [-0.2, 0) is 5.60 Å². The third-order valence-corrected chi connectivity index (χ3v) is 3.45. The fraction of sp³-hybridized carbons (Fsp3) is 0.357. The molecule has 0 aliphatic rings. The molecule has 2 aromatic rings. The zero-order chi connectivity index (χ0) is 15.0. The first-order valence-corrected chi connectivity index (χ1v) is 6.20. The third kappa shape index (κ3) is 2.25. The number of nitrogens with two attached hydrogens (primary N) is 1. The smallest absolute Gasteiger partial charge is 0.375 e. The highest BCUT2D eigenvalue weighted by atomic mass is 19.4. The number of rotatable bonds is 3. The summed E-state index contributed by atoms with van der Waals surface area (Å²) in [6.07, 6.45) is -3.30. The van der Waals surface area contributed by atoms with Crippen LogP contribution < -0.4 is 5.73 Å². The van der Waals surface area contributed by atoms with E-state index in [1.54, 1.807) is 18.3 Å². The molecule has 0 spiro atoms. The normalized spacial score (nSPS) is 16.9. The molecule has 0 saturated heterocycles. The number of nitrogens with zero attached hydrogens (tertiary/aromatic N) is 1. The monoisotopic (exact) mass is 284 g/mol.